The van der Waals surface area contributed by atoms with E-state index >= 15 is 0 Å². The number of amides is 1. The van der Waals surface area contributed by atoms with Gasteiger partial charge in [0, 0.05) is 5.69 Å². The predicted octanol–water partition coefficient (Wildman–Crippen LogP) is 4.29. The molecule has 0 saturated carbocycles. The number of hydrogen-bond donors (Lipinski definition) is 2. The molecule has 0 bridgehead atoms. The van der Waals surface area contributed by atoms with Crippen molar-refractivity contribution < 1.29 is 9.21 Å². The number of aryl methyl sites for hydroxylation is 2. The minimum absolute atomic E-state index is 0.0644. The monoisotopic (exact) mass is 388 g/mol. The summed E-state index contributed by atoms with van der Waals surface area (Å²) < 4.78 is 5.96. The summed E-state index contributed by atoms with van der Waals surface area (Å²) in [6.45, 7) is 6.35. The molecule has 0 spiro atoms. The van der Waals surface area contributed by atoms with Crippen LogP contribution in [0.15, 0.2) is 45.4 Å². The van der Waals surface area contributed by atoms with Crippen LogP contribution in [-0.2, 0) is 11.3 Å². The molecule has 0 fully saturated rings. The lowest BCUT2D eigenvalue weighted by Crippen LogP contribution is -2.30. The zero-order valence-corrected chi connectivity index (χ0v) is 16.4. The summed E-state index contributed by atoms with van der Waals surface area (Å²) in [4.78, 5) is 12.2. The number of carbonyl (C=O) groups is 1. The Bertz CT molecular complexity index is 877. The van der Waals surface area contributed by atoms with E-state index in [1.165, 1.54) is 28.7 Å². The van der Waals surface area contributed by atoms with Gasteiger partial charge in [-0.15, -0.1) is 10.2 Å². The van der Waals surface area contributed by atoms with Crippen LogP contribution in [0, 0.1) is 13.8 Å². The van der Waals surface area contributed by atoms with E-state index in [2.05, 4.69) is 46.8 Å². The summed E-state index contributed by atoms with van der Waals surface area (Å²) in [6, 6.07) is 9.82. The maximum Gasteiger partial charge on any atom is 0.233 e. The topological polar surface area (TPSA) is 80.0 Å². The number of benzene rings is 1. The zero-order valence-electron chi connectivity index (χ0n) is 14.8. The third-order valence-electron chi connectivity index (χ3n) is 3.69. The molecule has 2 aromatic heterocycles. The number of nitrogens with zero attached hydrogens (tertiary/aromatic N) is 2. The molecule has 1 amide bonds. The Morgan fingerprint density at radius 1 is 1.31 bits per heavy atom. The van der Waals surface area contributed by atoms with Crippen molar-refractivity contribution >= 4 is 39.8 Å². The number of aromatic nitrogens is 2. The van der Waals surface area contributed by atoms with E-state index in [1.807, 2.05) is 19.1 Å². The number of furan rings is 1. The minimum atomic E-state index is -0.271. The fourth-order valence-electron chi connectivity index (χ4n) is 2.31. The highest BCUT2D eigenvalue weighted by Gasteiger charge is 2.17. The normalized spacial score (nSPS) is 12.0. The summed E-state index contributed by atoms with van der Waals surface area (Å²) in [6.07, 6.45) is 1.59. The molecule has 2 N–H and O–H groups in total. The highest BCUT2D eigenvalue weighted by Crippen LogP contribution is 2.31. The van der Waals surface area contributed by atoms with E-state index in [9.17, 15) is 4.79 Å². The molecule has 0 aliphatic heterocycles. The van der Waals surface area contributed by atoms with Crippen LogP contribution in [0.25, 0.3) is 0 Å². The molecule has 6 nitrogen and oxygen atoms in total. The van der Waals surface area contributed by atoms with Gasteiger partial charge in [0.2, 0.25) is 11.0 Å². The van der Waals surface area contributed by atoms with Gasteiger partial charge in [0.1, 0.15) is 5.76 Å². The third kappa shape index (κ3) is 4.86. The van der Waals surface area contributed by atoms with Gasteiger partial charge in [-0.2, -0.15) is 0 Å². The molecule has 0 saturated heterocycles. The fourth-order valence-corrected chi connectivity index (χ4v) is 4.25. The average Bonchev–Trinajstić information content (AvgIpc) is 3.27. The molecule has 26 heavy (non-hydrogen) atoms. The van der Waals surface area contributed by atoms with Crippen molar-refractivity contribution in [1.29, 1.82) is 0 Å². The Labute approximate surface area is 160 Å². The predicted molar refractivity (Wildman–Crippen MR) is 105 cm³/mol. The van der Waals surface area contributed by atoms with Crippen LogP contribution in [0.3, 0.4) is 0 Å². The molecule has 2 heterocycles. The standard InChI is InChI=1S/C18H20N4O2S2/c1-11-6-7-15(12(2)9-11)20-17-21-22-18(26-17)25-13(3)16(23)19-10-14-5-4-8-24-14/h4-9,13H,10H2,1-3H3,(H,19,23)(H,20,21). The Morgan fingerprint density at radius 2 is 2.15 bits per heavy atom. The van der Waals surface area contributed by atoms with Crippen LogP contribution in [0.1, 0.15) is 23.8 Å². The largest absolute Gasteiger partial charge is 0.467 e. The maximum absolute atomic E-state index is 12.2. The average molecular weight is 389 g/mol. The molecular formula is C18H20N4O2S2. The number of carbonyl (C=O) groups excluding carboxylic acids is 1. The molecule has 1 atom stereocenters. The van der Waals surface area contributed by atoms with Crippen LogP contribution in [0.5, 0.6) is 0 Å². The first-order chi connectivity index (χ1) is 12.5. The first kappa shape index (κ1) is 18.5. The zero-order chi connectivity index (χ0) is 18.5. The first-order valence-corrected chi connectivity index (χ1v) is 9.85. The molecule has 3 aromatic rings. The fraction of sp³-hybridized carbons (Fsp3) is 0.278. The Hall–Kier alpha value is -2.32. The quantitative estimate of drug-likeness (QED) is 0.588. The van der Waals surface area contributed by atoms with Crippen molar-refractivity contribution in [3.63, 3.8) is 0 Å². The van der Waals surface area contributed by atoms with E-state index in [4.69, 9.17) is 4.42 Å². The molecule has 0 aliphatic carbocycles. The molecular weight excluding hydrogens is 368 g/mol. The highest BCUT2D eigenvalue weighted by molar-refractivity contribution is 8.02. The lowest BCUT2D eigenvalue weighted by Gasteiger charge is -2.09. The molecule has 0 aliphatic rings. The van der Waals surface area contributed by atoms with Crippen LogP contribution in [0.2, 0.25) is 0 Å². The molecule has 1 aromatic carbocycles. The van der Waals surface area contributed by atoms with Gasteiger partial charge < -0.3 is 15.1 Å². The number of hydrogen-bond acceptors (Lipinski definition) is 7. The van der Waals surface area contributed by atoms with E-state index < -0.39 is 0 Å². The number of thioether (sulfide) groups is 1. The Kier molecular flexibility index (Phi) is 5.95. The van der Waals surface area contributed by atoms with E-state index in [0.29, 0.717) is 11.7 Å². The van der Waals surface area contributed by atoms with E-state index in [0.717, 1.165) is 21.4 Å². The second kappa shape index (κ2) is 8.37. The lowest BCUT2D eigenvalue weighted by molar-refractivity contribution is -0.120. The van der Waals surface area contributed by atoms with Gasteiger partial charge in [-0.1, -0.05) is 40.8 Å². The van der Waals surface area contributed by atoms with Gasteiger partial charge in [-0.3, -0.25) is 4.79 Å². The van der Waals surface area contributed by atoms with Crippen molar-refractivity contribution in [2.45, 2.75) is 36.9 Å². The lowest BCUT2D eigenvalue weighted by atomic mass is 10.1. The van der Waals surface area contributed by atoms with Crippen molar-refractivity contribution in [1.82, 2.24) is 15.5 Å². The summed E-state index contributed by atoms with van der Waals surface area (Å²) in [5, 5.41) is 14.9. The minimum Gasteiger partial charge on any atom is -0.467 e. The molecule has 8 heteroatoms. The Balaban J connectivity index is 1.54. The van der Waals surface area contributed by atoms with Crippen LogP contribution in [-0.4, -0.2) is 21.4 Å². The smallest absolute Gasteiger partial charge is 0.233 e. The number of nitrogens with one attached hydrogen (secondary N) is 2. The van der Waals surface area contributed by atoms with Gasteiger partial charge >= 0.3 is 0 Å². The molecule has 1 unspecified atom stereocenters. The summed E-state index contributed by atoms with van der Waals surface area (Å²) in [7, 11) is 0. The van der Waals surface area contributed by atoms with Crippen LogP contribution < -0.4 is 10.6 Å². The van der Waals surface area contributed by atoms with Crippen LogP contribution >= 0.6 is 23.1 Å². The summed E-state index contributed by atoms with van der Waals surface area (Å²) in [5.74, 6) is 0.664. The highest BCUT2D eigenvalue weighted by atomic mass is 32.2. The maximum atomic E-state index is 12.2. The summed E-state index contributed by atoms with van der Waals surface area (Å²) in [5.41, 5.74) is 3.38. The SMILES string of the molecule is Cc1ccc(Nc2nnc(SC(C)C(=O)NCc3ccco3)s2)c(C)c1. The summed E-state index contributed by atoms with van der Waals surface area (Å²) >= 11 is 2.82. The van der Waals surface area contributed by atoms with Crippen molar-refractivity contribution in [2.24, 2.45) is 0 Å². The van der Waals surface area contributed by atoms with E-state index in [-0.39, 0.29) is 11.2 Å². The van der Waals surface area contributed by atoms with Gasteiger partial charge in [-0.25, -0.2) is 0 Å². The number of rotatable bonds is 7. The van der Waals surface area contributed by atoms with E-state index in [1.54, 1.807) is 12.3 Å². The number of anilines is 2. The first-order valence-electron chi connectivity index (χ1n) is 8.16. The molecule has 136 valence electrons. The van der Waals surface area contributed by atoms with Gasteiger partial charge in [0.15, 0.2) is 4.34 Å². The van der Waals surface area contributed by atoms with Gasteiger partial charge in [0.25, 0.3) is 0 Å². The van der Waals surface area contributed by atoms with Crippen molar-refractivity contribution in [3.8, 4) is 0 Å². The van der Waals surface area contributed by atoms with Crippen molar-refractivity contribution in [2.75, 3.05) is 5.32 Å². The molecule has 0 radical (unpaired) electrons. The molecule has 3 rings (SSSR count). The van der Waals surface area contributed by atoms with Gasteiger partial charge in [0.05, 0.1) is 18.1 Å². The van der Waals surface area contributed by atoms with Crippen molar-refractivity contribution in [3.05, 3.63) is 53.5 Å². The van der Waals surface area contributed by atoms with Gasteiger partial charge in [-0.05, 0) is 44.5 Å². The Morgan fingerprint density at radius 3 is 2.88 bits per heavy atom. The second-order valence-corrected chi connectivity index (χ2v) is 8.44. The second-order valence-electron chi connectivity index (χ2n) is 5.87. The van der Waals surface area contributed by atoms with Crippen LogP contribution in [0.4, 0.5) is 10.8 Å². The third-order valence-corrected chi connectivity index (χ3v) is 5.72.